The number of nitrogens with zero attached hydrogens (tertiary/aromatic N) is 2. The molecule has 0 saturated heterocycles. The number of hydrogen-bond acceptors (Lipinski definition) is 6. The Morgan fingerprint density at radius 2 is 2.10 bits per heavy atom. The van der Waals surface area contributed by atoms with E-state index in [0.717, 1.165) is 12.2 Å². The smallest absolute Gasteiger partial charge is 0.363 e. The normalized spacial score (nSPS) is 11.4. The summed E-state index contributed by atoms with van der Waals surface area (Å²) in [6.07, 6.45) is 1.14. The number of aromatic nitrogens is 2. The zero-order valence-electron chi connectivity index (χ0n) is 12.9. The topological polar surface area (TPSA) is 90.7 Å². The van der Waals surface area contributed by atoms with Crippen LogP contribution in [0.1, 0.15) is 17.4 Å². The molecular formula is C13H22N2O5Si. The zero-order valence-corrected chi connectivity index (χ0v) is 13.9. The maximum atomic E-state index is 11.6. The fourth-order valence-corrected chi connectivity index (χ4v) is 2.22. The van der Waals surface area contributed by atoms with Crippen LogP contribution in [-0.4, -0.2) is 42.1 Å². The Bertz CT molecular complexity index is 550. The molecular weight excluding hydrogens is 292 g/mol. The van der Waals surface area contributed by atoms with Crippen molar-refractivity contribution in [1.29, 1.82) is 0 Å². The van der Waals surface area contributed by atoms with E-state index in [9.17, 15) is 14.7 Å². The Morgan fingerprint density at radius 3 is 2.67 bits per heavy atom. The molecule has 8 heteroatoms. The first-order valence-electron chi connectivity index (χ1n) is 6.80. The lowest BCUT2D eigenvalue weighted by molar-refractivity contribution is 0.0499. The van der Waals surface area contributed by atoms with Crippen LogP contribution in [0.25, 0.3) is 0 Å². The summed E-state index contributed by atoms with van der Waals surface area (Å²) in [6.45, 7) is 9.08. The van der Waals surface area contributed by atoms with Gasteiger partial charge >= 0.3 is 5.97 Å². The van der Waals surface area contributed by atoms with Crippen LogP contribution in [0.15, 0.2) is 11.0 Å². The van der Waals surface area contributed by atoms with Crippen LogP contribution in [0.4, 0.5) is 0 Å². The van der Waals surface area contributed by atoms with Crippen molar-refractivity contribution in [1.82, 2.24) is 9.78 Å². The number of hydrogen-bond donors (Lipinski definition) is 1. The molecule has 1 heterocycles. The second kappa shape index (κ2) is 7.37. The molecule has 0 aromatic carbocycles. The fourth-order valence-electron chi connectivity index (χ4n) is 1.46. The zero-order chi connectivity index (χ0) is 16.0. The van der Waals surface area contributed by atoms with Crippen molar-refractivity contribution in [3.63, 3.8) is 0 Å². The lowest BCUT2D eigenvalue weighted by atomic mass is 10.3. The molecule has 21 heavy (non-hydrogen) atoms. The van der Waals surface area contributed by atoms with E-state index in [1.807, 2.05) is 0 Å². The average molecular weight is 314 g/mol. The van der Waals surface area contributed by atoms with Gasteiger partial charge in [0.2, 0.25) is 5.69 Å². The Kier molecular flexibility index (Phi) is 6.10. The molecule has 0 fully saturated rings. The molecule has 0 atom stereocenters. The summed E-state index contributed by atoms with van der Waals surface area (Å²) < 4.78 is 11.4. The van der Waals surface area contributed by atoms with E-state index in [1.165, 1.54) is 4.68 Å². The maximum absolute atomic E-state index is 11.6. The van der Waals surface area contributed by atoms with Crippen LogP contribution >= 0.6 is 0 Å². The number of rotatable bonds is 7. The quantitative estimate of drug-likeness (QED) is 0.465. The van der Waals surface area contributed by atoms with Crippen molar-refractivity contribution in [2.24, 2.45) is 0 Å². The monoisotopic (exact) mass is 314 g/mol. The van der Waals surface area contributed by atoms with Crippen molar-refractivity contribution >= 4 is 14.0 Å². The minimum atomic E-state index is -1.18. The predicted octanol–water partition coefficient (Wildman–Crippen LogP) is 1.44. The molecule has 0 amide bonds. The maximum Gasteiger partial charge on any atom is 0.363 e. The third-order valence-corrected chi connectivity index (χ3v) is 4.34. The average Bonchev–Trinajstić information content (AvgIpc) is 2.37. The predicted molar refractivity (Wildman–Crippen MR) is 80.2 cm³/mol. The van der Waals surface area contributed by atoms with E-state index in [-0.39, 0.29) is 13.3 Å². The van der Waals surface area contributed by atoms with E-state index in [2.05, 4.69) is 24.7 Å². The minimum Gasteiger partial charge on any atom is -0.503 e. The molecule has 0 spiro atoms. The van der Waals surface area contributed by atoms with Gasteiger partial charge in [0.05, 0.1) is 12.8 Å². The van der Waals surface area contributed by atoms with Gasteiger partial charge in [-0.25, -0.2) is 9.48 Å². The van der Waals surface area contributed by atoms with Gasteiger partial charge in [0.15, 0.2) is 5.75 Å². The molecule has 0 bridgehead atoms. The number of esters is 1. The van der Waals surface area contributed by atoms with Crippen molar-refractivity contribution in [3.05, 3.63) is 22.1 Å². The number of ether oxygens (including phenoxy) is 2. The molecule has 1 N–H and O–H groups in total. The van der Waals surface area contributed by atoms with Crippen LogP contribution in [0.3, 0.4) is 0 Å². The van der Waals surface area contributed by atoms with Gasteiger partial charge in [0, 0.05) is 14.7 Å². The lowest BCUT2D eigenvalue weighted by Crippen LogP contribution is -2.25. The molecule has 7 nitrogen and oxygen atoms in total. The summed E-state index contributed by atoms with van der Waals surface area (Å²) in [7, 11) is -1.18. The second-order valence-electron chi connectivity index (χ2n) is 5.80. The largest absolute Gasteiger partial charge is 0.503 e. The van der Waals surface area contributed by atoms with Gasteiger partial charge < -0.3 is 14.6 Å². The van der Waals surface area contributed by atoms with Crippen LogP contribution in [-0.2, 0) is 16.2 Å². The van der Waals surface area contributed by atoms with Gasteiger partial charge in [0.1, 0.15) is 6.73 Å². The Balaban J connectivity index is 2.76. The van der Waals surface area contributed by atoms with Crippen molar-refractivity contribution in [2.75, 3.05) is 13.2 Å². The summed E-state index contributed by atoms with van der Waals surface area (Å²) in [4.78, 5) is 23.2. The van der Waals surface area contributed by atoms with Crippen molar-refractivity contribution in [3.8, 4) is 5.75 Å². The number of carbonyl (C=O) groups is 1. The van der Waals surface area contributed by atoms with Gasteiger partial charge in [-0.15, -0.1) is 0 Å². The summed E-state index contributed by atoms with van der Waals surface area (Å²) in [6, 6.07) is 0.990. The standard InChI is InChI=1S/C13H22N2O5Si/c1-5-20-13(18)11-12(17)10(16)8-15(14-11)9-19-6-7-21(2,3)4/h8,16H,5-7,9H2,1-4H3. The Labute approximate surface area is 124 Å². The molecule has 0 aliphatic rings. The molecule has 1 rings (SSSR count). The molecule has 1 aromatic rings. The van der Waals surface area contributed by atoms with Crippen molar-refractivity contribution in [2.45, 2.75) is 39.3 Å². The van der Waals surface area contributed by atoms with Gasteiger partial charge in [-0.1, -0.05) is 19.6 Å². The van der Waals surface area contributed by atoms with Gasteiger partial charge in [-0.2, -0.15) is 5.10 Å². The third kappa shape index (κ3) is 5.68. The molecule has 0 aliphatic heterocycles. The molecule has 1 aromatic heterocycles. The second-order valence-corrected chi connectivity index (χ2v) is 11.4. The summed E-state index contributed by atoms with van der Waals surface area (Å²) >= 11 is 0. The van der Waals surface area contributed by atoms with Crippen LogP contribution < -0.4 is 5.43 Å². The van der Waals surface area contributed by atoms with E-state index >= 15 is 0 Å². The number of carbonyl (C=O) groups excluding carboxylic acids is 1. The first kappa shape index (κ1) is 17.4. The van der Waals surface area contributed by atoms with Crippen LogP contribution in [0.5, 0.6) is 5.75 Å². The van der Waals surface area contributed by atoms with Gasteiger partial charge in [0.25, 0.3) is 5.43 Å². The third-order valence-electron chi connectivity index (χ3n) is 2.64. The summed E-state index contributed by atoms with van der Waals surface area (Å²) in [5.74, 6) is -1.41. The molecule has 0 unspecified atom stereocenters. The highest BCUT2D eigenvalue weighted by atomic mass is 28.3. The Hall–Kier alpha value is -1.67. The highest BCUT2D eigenvalue weighted by molar-refractivity contribution is 6.76. The van der Waals surface area contributed by atoms with Gasteiger partial charge in [-0.3, -0.25) is 4.79 Å². The molecule has 0 saturated carbocycles. The fraction of sp³-hybridized carbons (Fsp3) is 0.615. The van der Waals surface area contributed by atoms with E-state index < -0.39 is 30.9 Å². The van der Waals surface area contributed by atoms with Crippen LogP contribution in [0.2, 0.25) is 25.7 Å². The van der Waals surface area contributed by atoms with Crippen molar-refractivity contribution < 1.29 is 19.4 Å². The molecule has 0 aliphatic carbocycles. The van der Waals surface area contributed by atoms with Crippen LogP contribution in [0, 0.1) is 0 Å². The first-order chi connectivity index (χ1) is 9.74. The van der Waals surface area contributed by atoms with E-state index in [4.69, 9.17) is 9.47 Å². The van der Waals surface area contributed by atoms with E-state index in [1.54, 1.807) is 6.92 Å². The SMILES string of the molecule is CCOC(=O)c1nn(COCC[Si](C)(C)C)cc(O)c1=O. The molecule has 118 valence electrons. The number of aromatic hydroxyl groups is 1. The minimum absolute atomic E-state index is 0.0602. The van der Waals surface area contributed by atoms with E-state index in [0.29, 0.717) is 6.61 Å². The highest BCUT2D eigenvalue weighted by Gasteiger charge is 2.18. The lowest BCUT2D eigenvalue weighted by Gasteiger charge is -2.15. The summed E-state index contributed by atoms with van der Waals surface area (Å²) in [5.41, 5.74) is -1.28. The first-order valence-corrected chi connectivity index (χ1v) is 10.5. The summed E-state index contributed by atoms with van der Waals surface area (Å²) in [5, 5.41) is 13.4. The highest BCUT2D eigenvalue weighted by Crippen LogP contribution is 2.08. The molecule has 0 radical (unpaired) electrons. The Morgan fingerprint density at radius 1 is 1.43 bits per heavy atom. The van der Waals surface area contributed by atoms with Gasteiger partial charge in [-0.05, 0) is 13.0 Å².